The van der Waals surface area contributed by atoms with Crippen molar-refractivity contribution in [3.8, 4) is 22.8 Å². The molecule has 1 saturated carbocycles. The molecule has 6 rings (SSSR count). The van der Waals surface area contributed by atoms with Gasteiger partial charge < -0.3 is 20.5 Å². The molecule has 4 heterocycles. The standard InChI is InChI=1S/C25H28N8O2/c1-27-16-11-12-32(14-16)25(34)18-13-28-19(15-7-3-2-4-8-15)20-22(18)33(17-9-5-6-10-17)24(29-20)21-23(26)31-35-30-21/h2-4,7-8,13,16-17,27H,5-6,9-12,14H2,1H3,(H2,26,31). The van der Waals surface area contributed by atoms with Gasteiger partial charge in [-0.3, -0.25) is 9.78 Å². The van der Waals surface area contributed by atoms with Gasteiger partial charge in [0.2, 0.25) is 0 Å². The molecule has 0 radical (unpaired) electrons. The first-order valence-corrected chi connectivity index (χ1v) is 12.2. The SMILES string of the molecule is CNC1CCN(C(=O)c2cnc(-c3ccccc3)c3nc(-c4nonc4N)n(C4CCCC4)c23)C1. The topological polar surface area (TPSA) is 128 Å². The van der Waals surface area contributed by atoms with Crippen LogP contribution in [0.5, 0.6) is 0 Å². The Bertz CT molecular complexity index is 1370. The van der Waals surface area contributed by atoms with Crippen molar-refractivity contribution in [3.63, 3.8) is 0 Å². The van der Waals surface area contributed by atoms with E-state index in [1.807, 2.05) is 42.3 Å². The molecule has 1 saturated heterocycles. The van der Waals surface area contributed by atoms with Gasteiger partial charge in [0.1, 0.15) is 5.52 Å². The summed E-state index contributed by atoms with van der Waals surface area (Å²) < 4.78 is 7.08. The minimum Gasteiger partial charge on any atom is -0.379 e. The van der Waals surface area contributed by atoms with E-state index in [1.165, 1.54) is 0 Å². The van der Waals surface area contributed by atoms with Crippen molar-refractivity contribution in [3.05, 3.63) is 42.1 Å². The number of likely N-dealkylation sites (tertiary alicyclic amines) is 1. The fourth-order valence-corrected chi connectivity index (χ4v) is 5.46. The van der Waals surface area contributed by atoms with Gasteiger partial charge in [0.05, 0.1) is 16.8 Å². The van der Waals surface area contributed by atoms with Crippen LogP contribution in [0.25, 0.3) is 33.8 Å². The third kappa shape index (κ3) is 3.65. The number of fused-ring (bicyclic) bond motifs is 1. The van der Waals surface area contributed by atoms with Crippen molar-refractivity contribution in [2.45, 2.75) is 44.2 Å². The number of nitrogen functional groups attached to an aromatic ring is 1. The first-order chi connectivity index (χ1) is 17.2. The van der Waals surface area contributed by atoms with E-state index in [1.54, 1.807) is 6.20 Å². The van der Waals surface area contributed by atoms with Gasteiger partial charge in [-0.1, -0.05) is 43.2 Å². The Hall–Kier alpha value is -3.79. The van der Waals surface area contributed by atoms with Crippen LogP contribution < -0.4 is 11.1 Å². The molecule has 10 heteroatoms. The van der Waals surface area contributed by atoms with E-state index in [-0.39, 0.29) is 17.8 Å². The molecule has 1 aliphatic carbocycles. The van der Waals surface area contributed by atoms with E-state index in [0.29, 0.717) is 41.7 Å². The van der Waals surface area contributed by atoms with Crippen LogP contribution in [0.3, 0.4) is 0 Å². The average Bonchev–Trinajstić information content (AvgIpc) is 3.69. The summed E-state index contributed by atoms with van der Waals surface area (Å²) in [6, 6.07) is 10.4. The highest BCUT2D eigenvalue weighted by molar-refractivity contribution is 6.08. The quantitative estimate of drug-likeness (QED) is 0.453. The Morgan fingerprint density at radius 1 is 1.11 bits per heavy atom. The van der Waals surface area contributed by atoms with Crippen LogP contribution in [0.4, 0.5) is 5.82 Å². The Labute approximate surface area is 202 Å². The lowest BCUT2D eigenvalue weighted by molar-refractivity contribution is 0.0791. The number of carbonyl (C=O) groups excluding carboxylic acids is 1. The molecule has 0 spiro atoms. The van der Waals surface area contributed by atoms with Crippen molar-refractivity contribution >= 4 is 22.8 Å². The van der Waals surface area contributed by atoms with E-state index in [4.69, 9.17) is 20.3 Å². The van der Waals surface area contributed by atoms with Crippen LogP contribution in [-0.4, -0.2) is 61.8 Å². The first kappa shape index (κ1) is 21.7. The summed E-state index contributed by atoms with van der Waals surface area (Å²) in [5, 5.41) is 11.1. The van der Waals surface area contributed by atoms with Crippen LogP contribution in [0.1, 0.15) is 48.5 Å². The number of hydrogen-bond acceptors (Lipinski definition) is 8. The number of imidazole rings is 1. The number of anilines is 1. The highest BCUT2D eigenvalue weighted by Crippen LogP contribution is 2.40. The van der Waals surface area contributed by atoms with Crippen molar-refractivity contribution in [1.29, 1.82) is 0 Å². The molecule has 1 atom stereocenters. The Balaban J connectivity index is 1.62. The van der Waals surface area contributed by atoms with Crippen molar-refractivity contribution < 1.29 is 9.42 Å². The number of hydrogen-bond donors (Lipinski definition) is 2. The molecule has 35 heavy (non-hydrogen) atoms. The van der Waals surface area contributed by atoms with Crippen molar-refractivity contribution in [1.82, 2.24) is 35.1 Å². The van der Waals surface area contributed by atoms with Gasteiger partial charge in [-0.15, -0.1) is 0 Å². The molecule has 1 amide bonds. The molecule has 2 aliphatic rings. The van der Waals surface area contributed by atoms with Gasteiger partial charge in [-0.2, -0.15) is 0 Å². The molecule has 180 valence electrons. The summed E-state index contributed by atoms with van der Waals surface area (Å²) >= 11 is 0. The number of nitrogens with one attached hydrogen (secondary N) is 1. The zero-order chi connectivity index (χ0) is 23.9. The van der Waals surface area contributed by atoms with Crippen LogP contribution >= 0.6 is 0 Å². The number of pyridine rings is 1. The predicted molar refractivity (Wildman–Crippen MR) is 132 cm³/mol. The summed E-state index contributed by atoms with van der Waals surface area (Å²) in [6.07, 6.45) is 6.85. The maximum Gasteiger partial charge on any atom is 0.257 e. The number of aromatic nitrogens is 5. The molecule has 1 aliphatic heterocycles. The Morgan fingerprint density at radius 2 is 1.91 bits per heavy atom. The molecule has 3 N–H and O–H groups in total. The van der Waals surface area contributed by atoms with Gasteiger partial charge >= 0.3 is 0 Å². The van der Waals surface area contributed by atoms with E-state index < -0.39 is 0 Å². The largest absolute Gasteiger partial charge is 0.379 e. The highest BCUT2D eigenvalue weighted by atomic mass is 16.6. The second kappa shape index (κ2) is 8.77. The number of likely N-dealkylation sites (N-methyl/N-ethyl adjacent to an activating group) is 1. The summed E-state index contributed by atoms with van der Waals surface area (Å²) in [5.41, 5.74) is 10.2. The molecule has 1 aromatic carbocycles. The lowest BCUT2D eigenvalue weighted by Crippen LogP contribution is -2.33. The monoisotopic (exact) mass is 472 g/mol. The molecule has 10 nitrogen and oxygen atoms in total. The number of nitrogens with two attached hydrogens (primary N) is 1. The third-order valence-corrected chi connectivity index (χ3v) is 7.29. The normalized spacial score (nSPS) is 18.7. The van der Waals surface area contributed by atoms with Crippen molar-refractivity contribution in [2.75, 3.05) is 25.9 Å². The number of benzene rings is 1. The van der Waals surface area contributed by atoms with Crippen molar-refractivity contribution in [2.24, 2.45) is 0 Å². The van der Waals surface area contributed by atoms with E-state index >= 15 is 0 Å². The second-order valence-corrected chi connectivity index (χ2v) is 9.35. The fourth-order valence-electron chi connectivity index (χ4n) is 5.46. The third-order valence-electron chi connectivity index (χ3n) is 7.29. The average molecular weight is 473 g/mol. The Kier molecular flexibility index (Phi) is 5.44. The van der Waals surface area contributed by atoms with E-state index in [2.05, 4.69) is 20.2 Å². The van der Waals surface area contributed by atoms with Crippen LogP contribution in [0.15, 0.2) is 41.2 Å². The zero-order valence-corrected chi connectivity index (χ0v) is 19.6. The summed E-state index contributed by atoms with van der Waals surface area (Å²) in [7, 11) is 1.94. The second-order valence-electron chi connectivity index (χ2n) is 9.35. The lowest BCUT2D eigenvalue weighted by Gasteiger charge is -2.20. The molecular weight excluding hydrogens is 444 g/mol. The zero-order valence-electron chi connectivity index (χ0n) is 19.6. The maximum atomic E-state index is 13.8. The van der Waals surface area contributed by atoms with Gasteiger partial charge in [0.15, 0.2) is 17.3 Å². The number of carbonyl (C=O) groups is 1. The molecule has 4 aromatic rings. The lowest BCUT2D eigenvalue weighted by atomic mass is 10.1. The molecule has 2 fully saturated rings. The molecule has 1 unspecified atom stereocenters. The summed E-state index contributed by atoms with van der Waals surface area (Å²) in [6.45, 7) is 1.37. The van der Waals surface area contributed by atoms with Crippen LogP contribution in [-0.2, 0) is 0 Å². The maximum absolute atomic E-state index is 13.8. The number of nitrogens with zero attached hydrogens (tertiary/aromatic N) is 6. The minimum absolute atomic E-state index is 0.0307. The Morgan fingerprint density at radius 3 is 2.60 bits per heavy atom. The summed E-state index contributed by atoms with van der Waals surface area (Å²) in [5.74, 6) is 0.717. The molecule has 3 aromatic heterocycles. The van der Waals surface area contributed by atoms with E-state index in [0.717, 1.165) is 48.9 Å². The smallest absolute Gasteiger partial charge is 0.257 e. The van der Waals surface area contributed by atoms with Crippen LogP contribution in [0.2, 0.25) is 0 Å². The van der Waals surface area contributed by atoms with E-state index in [9.17, 15) is 4.79 Å². The van der Waals surface area contributed by atoms with Gasteiger partial charge in [-0.25, -0.2) is 9.61 Å². The van der Waals surface area contributed by atoms with Gasteiger partial charge in [-0.05, 0) is 36.6 Å². The molecule has 0 bridgehead atoms. The summed E-state index contributed by atoms with van der Waals surface area (Å²) in [4.78, 5) is 25.5. The van der Waals surface area contributed by atoms with Crippen LogP contribution in [0, 0.1) is 0 Å². The highest BCUT2D eigenvalue weighted by Gasteiger charge is 2.33. The fraction of sp³-hybridized carbons (Fsp3) is 0.400. The van der Waals surface area contributed by atoms with Gasteiger partial charge in [0, 0.05) is 36.9 Å². The molecular formula is C25H28N8O2. The minimum atomic E-state index is -0.0307. The predicted octanol–water partition coefficient (Wildman–Crippen LogP) is 3.28. The first-order valence-electron chi connectivity index (χ1n) is 12.2. The number of rotatable bonds is 5. The number of amides is 1. The van der Waals surface area contributed by atoms with Gasteiger partial charge in [0.25, 0.3) is 5.91 Å².